The van der Waals surface area contributed by atoms with E-state index in [1.54, 1.807) is 0 Å². The van der Waals surface area contributed by atoms with Gasteiger partial charge in [0.25, 0.3) is 0 Å². The topological polar surface area (TPSA) is 61.6 Å². The molecular weight excluding hydrogens is 204 g/mol. The van der Waals surface area contributed by atoms with Gasteiger partial charge in [0.15, 0.2) is 0 Å². The summed E-state index contributed by atoms with van der Waals surface area (Å²) in [6.07, 6.45) is 1.79. The maximum atomic E-state index is 11.8. The van der Waals surface area contributed by atoms with Crippen molar-refractivity contribution in [1.29, 1.82) is 0 Å². The summed E-state index contributed by atoms with van der Waals surface area (Å²) < 4.78 is 0. The van der Waals surface area contributed by atoms with E-state index in [1.165, 1.54) is 0 Å². The molecule has 0 aromatic rings. The van der Waals surface area contributed by atoms with Crippen molar-refractivity contribution in [2.45, 2.75) is 19.8 Å². The number of nitrogens with two attached hydrogens (primary N) is 1. The summed E-state index contributed by atoms with van der Waals surface area (Å²) in [5, 5.41) is 2.02. The lowest BCUT2D eigenvalue weighted by Gasteiger charge is -2.33. The van der Waals surface area contributed by atoms with Gasteiger partial charge in [-0.3, -0.25) is 10.2 Å². The Morgan fingerprint density at radius 2 is 2.00 bits per heavy atom. The van der Waals surface area contributed by atoms with Crippen LogP contribution in [0, 0.1) is 5.92 Å². The number of hydrogen-bond donors (Lipinski definition) is 2. The second-order valence-electron chi connectivity index (χ2n) is 4.60. The molecule has 0 aromatic carbocycles. The van der Waals surface area contributed by atoms with E-state index in [0.717, 1.165) is 39.0 Å². The number of hydrazine groups is 1. The van der Waals surface area contributed by atoms with Gasteiger partial charge in [-0.15, -0.1) is 0 Å². The minimum atomic E-state index is 0.0585. The Bertz CT molecular complexity index is 214. The van der Waals surface area contributed by atoms with Gasteiger partial charge in [-0.2, -0.15) is 0 Å². The fraction of sp³-hybridized carbons (Fsp3) is 0.909. The monoisotopic (exact) mass is 228 g/mol. The Kier molecular flexibility index (Phi) is 5.73. The fourth-order valence-electron chi connectivity index (χ4n) is 1.74. The number of piperazine rings is 1. The molecular formula is C11H24N4O. The highest BCUT2D eigenvalue weighted by molar-refractivity contribution is 5.77. The van der Waals surface area contributed by atoms with E-state index in [0.29, 0.717) is 6.54 Å². The average molecular weight is 228 g/mol. The van der Waals surface area contributed by atoms with Gasteiger partial charge in [-0.25, -0.2) is 5.01 Å². The summed E-state index contributed by atoms with van der Waals surface area (Å²) in [6.45, 7) is 6.46. The molecule has 0 bridgehead atoms. The highest BCUT2D eigenvalue weighted by atomic mass is 16.2. The van der Waals surface area contributed by atoms with E-state index in [2.05, 4.69) is 17.4 Å². The fourth-order valence-corrected chi connectivity index (χ4v) is 1.74. The van der Waals surface area contributed by atoms with Crippen molar-refractivity contribution in [3.63, 3.8) is 0 Å². The Balaban J connectivity index is 2.22. The first-order chi connectivity index (χ1) is 7.63. The molecule has 0 radical (unpaired) electrons. The van der Waals surface area contributed by atoms with Gasteiger partial charge in [0, 0.05) is 32.1 Å². The molecule has 1 amide bonds. The lowest BCUT2D eigenvalue weighted by molar-refractivity contribution is -0.130. The molecule has 0 aliphatic carbocycles. The molecule has 94 valence electrons. The van der Waals surface area contributed by atoms with Crippen LogP contribution in [0.3, 0.4) is 0 Å². The van der Waals surface area contributed by atoms with Crippen molar-refractivity contribution in [2.75, 3.05) is 39.8 Å². The number of hydrogen-bond acceptors (Lipinski definition) is 4. The van der Waals surface area contributed by atoms with Crippen LogP contribution >= 0.6 is 0 Å². The number of nitrogens with zero attached hydrogens (tertiary/aromatic N) is 2. The normalized spacial score (nSPS) is 20.7. The van der Waals surface area contributed by atoms with Gasteiger partial charge in [0.1, 0.15) is 0 Å². The molecule has 1 atom stereocenters. The van der Waals surface area contributed by atoms with Crippen molar-refractivity contribution < 1.29 is 4.79 Å². The van der Waals surface area contributed by atoms with E-state index >= 15 is 0 Å². The van der Waals surface area contributed by atoms with Crippen LogP contribution in [0.15, 0.2) is 0 Å². The quantitative estimate of drug-likeness (QED) is 0.674. The van der Waals surface area contributed by atoms with Crippen molar-refractivity contribution in [1.82, 2.24) is 15.3 Å². The molecule has 1 fully saturated rings. The van der Waals surface area contributed by atoms with Crippen LogP contribution in [0.5, 0.6) is 0 Å². The number of amides is 1. The maximum Gasteiger partial charge on any atom is 0.237 e. The number of likely N-dealkylation sites (N-methyl/N-ethyl adjacent to an activating group) is 1. The van der Waals surface area contributed by atoms with Crippen LogP contribution in [0.4, 0.5) is 0 Å². The third-order valence-corrected chi connectivity index (χ3v) is 3.06. The molecule has 1 heterocycles. The van der Waals surface area contributed by atoms with Crippen LogP contribution in [-0.4, -0.2) is 55.6 Å². The minimum absolute atomic E-state index is 0.0585. The summed E-state index contributed by atoms with van der Waals surface area (Å²) in [5.74, 6) is 0.182. The number of carbonyl (C=O) groups excluding carboxylic acids is 1. The van der Waals surface area contributed by atoms with E-state index in [-0.39, 0.29) is 11.8 Å². The SMILES string of the molecule is CC(CCCN)C(=O)NN1CCN(C)CC1. The molecule has 1 aliphatic rings. The molecule has 3 N–H and O–H groups in total. The summed E-state index contributed by atoms with van der Waals surface area (Å²) >= 11 is 0. The molecule has 16 heavy (non-hydrogen) atoms. The predicted octanol–water partition coefficient (Wildman–Crippen LogP) is -0.360. The summed E-state index contributed by atoms with van der Waals surface area (Å²) in [4.78, 5) is 14.1. The maximum absolute atomic E-state index is 11.8. The second-order valence-corrected chi connectivity index (χ2v) is 4.60. The van der Waals surface area contributed by atoms with E-state index in [4.69, 9.17) is 5.73 Å². The zero-order valence-electron chi connectivity index (χ0n) is 10.4. The van der Waals surface area contributed by atoms with Gasteiger partial charge < -0.3 is 10.6 Å². The van der Waals surface area contributed by atoms with Crippen LogP contribution < -0.4 is 11.2 Å². The van der Waals surface area contributed by atoms with Crippen molar-refractivity contribution >= 4 is 5.91 Å². The summed E-state index contributed by atoms with van der Waals surface area (Å²) in [5.41, 5.74) is 8.40. The van der Waals surface area contributed by atoms with Crippen molar-refractivity contribution in [2.24, 2.45) is 11.7 Å². The first-order valence-corrected chi connectivity index (χ1v) is 6.07. The summed E-state index contributed by atoms with van der Waals surface area (Å²) in [6, 6.07) is 0. The highest BCUT2D eigenvalue weighted by Crippen LogP contribution is 2.05. The van der Waals surface area contributed by atoms with E-state index in [9.17, 15) is 4.79 Å². The number of carbonyl (C=O) groups is 1. The smallest absolute Gasteiger partial charge is 0.237 e. The Labute approximate surface area is 97.9 Å². The molecule has 0 spiro atoms. The molecule has 0 aromatic heterocycles. The average Bonchev–Trinajstić information content (AvgIpc) is 2.29. The lowest BCUT2D eigenvalue weighted by atomic mass is 10.1. The van der Waals surface area contributed by atoms with Gasteiger partial charge in [-0.1, -0.05) is 6.92 Å². The van der Waals surface area contributed by atoms with E-state index < -0.39 is 0 Å². The Morgan fingerprint density at radius 3 is 2.56 bits per heavy atom. The third-order valence-electron chi connectivity index (χ3n) is 3.06. The van der Waals surface area contributed by atoms with Gasteiger partial charge in [0.2, 0.25) is 5.91 Å². The molecule has 1 aliphatic heterocycles. The predicted molar refractivity (Wildman–Crippen MR) is 64.7 cm³/mol. The van der Waals surface area contributed by atoms with Crippen molar-refractivity contribution in [3.05, 3.63) is 0 Å². The van der Waals surface area contributed by atoms with Crippen LogP contribution in [0.2, 0.25) is 0 Å². The molecule has 1 rings (SSSR count). The van der Waals surface area contributed by atoms with Gasteiger partial charge in [0.05, 0.1) is 0 Å². The first-order valence-electron chi connectivity index (χ1n) is 6.07. The van der Waals surface area contributed by atoms with Gasteiger partial charge in [-0.05, 0) is 26.4 Å². The minimum Gasteiger partial charge on any atom is -0.330 e. The largest absolute Gasteiger partial charge is 0.330 e. The Morgan fingerprint density at radius 1 is 1.38 bits per heavy atom. The standard InChI is InChI=1S/C11H24N4O/c1-10(4-3-5-12)11(16)13-15-8-6-14(2)7-9-15/h10H,3-9,12H2,1-2H3,(H,13,16). The molecule has 5 heteroatoms. The van der Waals surface area contributed by atoms with Crippen LogP contribution in [-0.2, 0) is 4.79 Å². The first kappa shape index (κ1) is 13.4. The molecule has 1 saturated heterocycles. The molecule has 5 nitrogen and oxygen atoms in total. The zero-order chi connectivity index (χ0) is 12.0. The summed E-state index contributed by atoms with van der Waals surface area (Å²) in [7, 11) is 2.10. The highest BCUT2D eigenvalue weighted by Gasteiger charge is 2.18. The zero-order valence-corrected chi connectivity index (χ0v) is 10.4. The van der Waals surface area contributed by atoms with Gasteiger partial charge >= 0.3 is 0 Å². The van der Waals surface area contributed by atoms with Crippen LogP contribution in [0.1, 0.15) is 19.8 Å². The number of rotatable bonds is 5. The number of nitrogens with one attached hydrogen (secondary N) is 1. The molecule has 1 unspecified atom stereocenters. The lowest BCUT2D eigenvalue weighted by Crippen LogP contribution is -2.53. The van der Waals surface area contributed by atoms with Crippen molar-refractivity contribution in [3.8, 4) is 0 Å². The van der Waals surface area contributed by atoms with E-state index in [1.807, 2.05) is 11.9 Å². The van der Waals surface area contributed by atoms with Crippen LogP contribution in [0.25, 0.3) is 0 Å². The molecule has 0 saturated carbocycles. The Hall–Kier alpha value is -0.650. The second kappa shape index (κ2) is 6.83. The third kappa shape index (κ3) is 4.47.